The predicted molar refractivity (Wildman–Crippen MR) is 61.8 cm³/mol. The van der Waals surface area contributed by atoms with E-state index in [-0.39, 0.29) is 0 Å². The molecule has 1 aliphatic rings. The first-order chi connectivity index (χ1) is 7.40. The minimum Gasteiger partial charge on any atom is -0.472 e. The van der Waals surface area contributed by atoms with Gasteiger partial charge in [-0.15, -0.1) is 0 Å². The van der Waals surface area contributed by atoms with Gasteiger partial charge in [0, 0.05) is 6.04 Å². The molecular formula is C13H21NO. The quantitative estimate of drug-likeness (QED) is 0.743. The fourth-order valence-corrected chi connectivity index (χ4v) is 2.09. The van der Waals surface area contributed by atoms with Gasteiger partial charge in [-0.3, -0.25) is 0 Å². The van der Waals surface area contributed by atoms with Gasteiger partial charge in [0.05, 0.1) is 12.5 Å². The average molecular weight is 207 g/mol. The van der Waals surface area contributed by atoms with Gasteiger partial charge in [0.2, 0.25) is 0 Å². The second-order valence-corrected chi connectivity index (χ2v) is 4.57. The SMILES string of the molecule is CCCNC(CCc1ccoc1)C1CC1. The number of hydrogen-bond acceptors (Lipinski definition) is 2. The molecule has 84 valence electrons. The third-order valence-corrected chi connectivity index (χ3v) is 3.17. The molecule has 1 heterocycles. The van der Waals surface area contributed by atoms with E-state index in [0.29, 0.717) is 0 Å². The molecule has 1 unspecified atom stereocenters. The lowest BCUT2D eigenvalue weighted by molar-refractivity contribution is 0.435. The maximum Gasteiger partial charge on any atom is 0.0934 e. The van der Waals surface area contributed by atoms with Crippen LogP contribution in [0.1, 0.15) is 38.2 Å². The molecule has 15 heavy (non-hydrogen) atoms. The molecule has 0 saturated heterocycles. The minimum atomic E-state index is 0.736. The van der Waals surface area contributed by atoms with Crippen molar-refractivity contribution in [2.45, 2.75) is 45.1 Å². The average Bonchev–Trinajstić information content (AvgIpc) is 2.95. The molecule has 0 aromatic carbocycles. The summed E-state index contributed by atoms with van der Waals surface area (Å²) in [5, 5.41) is 3.66. The van der Waals surface area contributed by atoms with Gasteiger partial charge in [0.25, 0.3) is 0 Å². The second-order valence-electron chi connectivity index (χ2n) is 4.57. The first kappa shape index (κ1) is 10.7. The van der Waals surface area contributed by atoms with Crippen LogP contribution in [0.5, 0.6) is 0 Å². The highest BCUT2D eigenvalue weighted by Gasteiger charge is 2.30. The van der Waals surface area contributed by atoms with E-state index in [9.17, 15) is 0 Å². The third-order valence-electron chi connectivity index (χ3n) is 3.17. The monoisotopic (exact) mass is 207 g/mol. The number of furan rings is 1. The van der Waals surface area contributed by atoms with E-state index in [1.54, 1.807) is 6.26 Å². The van der Waals surface area contributed by atoms with Gasteiger partial charge in [-0.1, -0.05) is 6.92 Å². The second kappa shape index (κ2) is 5.36. The smallest absolute Gasteiger partial charge is 0.0934 e. The summed E-state index contributed by atoms with van der Waals surface area (Å²) in [6.45, 7) is 3.39. The van der Waals surface area contributed by atoms with E-state index >= 15 is 0 Å². The Morgan fingerprint density at radius 1 is 1.53 bits per heavy atom. The largest absolute Gasteiger partial charge is 0.472 e. The van der Waals surface area contributed by atoms with Gasteiger partial charge < -0.3 is 9.73 Å². The molecule has 2 heteroatoms. The van der Waals surface area contributed by atoms with Crippen LogP contribution in [0.3, 0.4) is 0 Å². The van der Waals surface area contributed by atoms with Gasteiger partial charge in [-0.05, 0) is 56.2 Å². The Balaban J connectivity index is 1.74. The van der Waals surface area contributed by atoms with Gasteiger partial charge >= 0.3 is 0 Å². The molecule has 1 N–H and O–H groups in total. The summed E-state index contributed by atoms with van der Waals surface area (Å²) in [7, 11) is 0. The Morgan fingerprint density at radius 2 is 2.40 bits per heavy atom. The van der Waals surface area contributed by atoms with Gasteiger partial charge in [-0.25, -0.2) is 0 Å². The summed E-state index contributed by atoms with van der Waals surface area (Å²) in [5.41, 5.74) is 1.33. The summed E-state index contributed by atoms with van der Waals surface area (Å²) >= 11 is 0. The lowest BCUT2D eigenvalue weighted by atomic mass is 10.0. The summed E-state index contributed by atoms with van der Waals surface area (Å²) < 4.78 is 5.08. The Hall–Kier alpha value is -0.760. The maximum absolute atomic E-state index is 5.08. The highest BCUT2D eigenvalue weighted by atomic mass is 16.3. The van der Waals surface area contributed by atoms with Crippen LogP contribution in [0, 0.1) is 5.92 Å². The number of rotatable bonds is 7. The fraction of sp³-hybridized carbons (Fsp3) is 0.692. The molecule has 0 radical (unpaired) electrons. The topological polar surface area (TPSA) is 25.2 Å². The summed E-state index contributed by atoms with van der Waals surface area (Å²) in [4.78, 5) is 0. The fourth-order valence-electron chi connectivity index (χ4n) is 2.09. The molecular weight excluding hydrogens is 186 g/mol. The maximum atomic E-state index is 5.08. The van der Waals surface area contributed by atoms with Crippen LogP contribution in [-0.2, 0) is 6.42 Å². The summed E-state index contributed by atoms with van der Waals surface area (Å²) in [5.74, 6) is 0.948. The van der Waals surface area contributed by atoms with Crippen molar-refractivity contribution in [1.82, 2.24) is 5.32 Å². The minimum absolute atomic E-state index is 0.736. The zero-order valence-corrected chi connectivity index (χ0v) is 9.54. The lowest BCUT2D eigenvalue weighted by Gasteiger charge is -2.17. The van der Waals surface area contributed by atoms with Crippen molar-refractivity contribution in [3.05, 3.63) is 24.2 Å². The Bertz CT molecular complexity index is 264. The molecule has 1 aromatic rings. The van der Waals surface area contributed by atoms with Gasteiger partial charge in [0.1, 0.15) is 0 Å². The molecule has 1 aromatic heterocycles. The van der Waals surface area contributed by atoms with E-state index in [2.05, 4.69) is 18.3 Å². The van der Waals surface area contributed by atoms with Crippen LogP contribution in [0.2, 0.25) is 0 Å². The number of hydrogen-bond donors (Lipinski definition) is 1. The first-order valence-electron chi connectivity index (χ1n) is 6.14. The zero-order valence-electron chi connectivity index (χ0n) is 9.54. The molecule has 1 fully saturated rings. The third kappa shape index (κ3) is 3.38. The lowest BCUT2D eigenvalue weighted by Crippen LogP contribution is -2.32. The van der Waals surface area contributed by atoms with Crippen molar-refractivity contribution in [1.29, 1.82) is 0 Å². The van der Waals surface area contributed by atoms with Crippen LogP contribution in [0.15, 0.2) is 23.0 Å². The Kier molecular flexibility index (Phi) is 3.84. The highest BCUT2D eigenvalue weighted by Crippen LogP contribution is 2.34. The predicted octanol–water partition coefficient (Wildman–Crippen LogP) is 2.99. The van der Waals surface area contributed by atoms with Crippen molar-refractivity contribution >= 4 is 0 Å². The molecule has 0 bridgehead atoms. The normalized spacial score (nSPS) is 17.9. The van der Waals surface area contributed by atoms with Crippen LogP contribution >= 0.6 is 0 Å². The molecule has 2 nitrogen and oxygen atoms in total. The van der Waals surface area contributed by atoms with Crippen LogP contribution in [0.4, 0.5) is 0 Å². The molecule has 0 amide bonds. The van der Waals surface area contributed by atoms with Crippen LogP contribution < -0.4 is 5.32 Å². The van der Waals surface area contributed by atoms with Crippen molar-refractivity contribution < 1.29 is 4.42 Å². The Labute approximate surface area is 92.1 Å². The van der Waals surface area contributed by atoms with Crippen LogP contribution in [0.25, 0.3) is 0 Å². The van der Waals surface area contributed by atoms with E-state index in [0.717, 1.165) is 24.9 Å². The first-order valence-corrected chi connectivity index (χ1v) is 6.14. The zero-order chi connectivity index (χ0) is 10.5. The molecule has 0 spiro atoms. The van der Waals surface area contributed by atoms with E-state index in [1.165, 1.54) is 31.2 Å². The van der Waals surface area contributed by atoms with Crippen molar-refractivity contribution in [3.63, 3.8) is 0 Å². The Morgan fingerprint density at radius 3 is 3.00 bits per heavy atom. The van der Waals surface area contributed by atoms with E-state index in [4.69, 9.17) is 4.42 Å². The summed E-state index contributed by atoms with van der Waals surface area (Å²) in [6.07, 6.45) is 10.1. The molecule has 1 saturated carbocycles. The molecule has 1 atom stereocenters. The van der Waals surface area contributed by atoms with Gasteiger partial charge in [0.15, 0.2) is 0 Å². The highest BCUT2D eigenvalue weighted by molar-refractivity contribution is 5.06. The van der Waals surface area contributed by atoms with Crippen molar-refractivity contribution in [2.75, 3.05) is 6.54 Å². The molecule has 0 aliphatic heterocycles. The van der Waals surface area contributed by atoms with E-state index in [1.807, 2.05) is 6.26 Å². The van der Waals surface area contributed by atoms with Gasteiger partial charge in [-0.2, -0.15) is 0 Å². The van der Waals surface area contributed by atoms with Crippen molar-refractivity contribution in [2.24, 2.45) is 5.92 Å². The van der Waals surface area contributed by atoms with Crippen molar-refractivity contribution in [3.8, 4) is 0 Å². The number of aryl methyl sites for hydroxylation is 1. The molecule has 2 rings (SSSR count). The standard InChI is InChI=1S/C13H21NO/c1-2-8-14-13(12-4-5-12)6-3-11-7-9-15-10-11/h7,9-10,12-14H,2-6,8H2,1H3. The van der Waals surface area contributed by atoms with E-state index < -0.39 is 0 Å². The van der Waals surface area contributed by atoms with Crippen LogP contribution in [-0.4, -0.2) is 12.6 Å². The summed E-state index contributed by atoms with van der Waals surface area (Å²) in [6, 6.07) is 2.81. The molecule has 1 aliphatic carbocycles. The number of nitrogens with one attached hydrogen (secondary N) is 1.